The molecule has 0 spiro atoms. The van der Waals surface area contributed by atoms with Gasteiger partial charge in [0.2, 0.25) is 0 Å². The highest BCUT2D eigenvalue weighted by atomic mass is 35.5. The van der Waals surface area contributed by atoms with E-state index < -0.39 is 0 Å². The second kappa shape index (κ2) is 7.62. The molecule has 0 saturated heterocycles. The summed E-state index contributed by atoms with van der Waals surface area (Å²) in [7, 11) is 0. The lowest BCUT2D eigenvalue weighted by atomic mass is 10.1. The number of rotatable bonds is 6. The predicted molar refractivity (Wildman–Crippen MR) is 74.0 cm³/mol. The van der Waals surface area contributed by atoms with Crippen molar-refractivity contribution in [2.75, 3.05) is 18.1 Å². The second-order valence-corrected chi connectivity index (χ2v) is 5.03. The summed E-state index contributed by atoms with van der Waals surface area (Å²) in [6, 6.07) is 8.29. The van der Waals surface area contributed by atoms with Gasteiger partial charge in [0, 0.05) is 23.4 Å². The molecule has 1 unspecified atom stereocenters. The predicted octanol–water partition coefficient (Wildman–Crippen LogP) is 3.36. The number of hydrogen-bond acceptors (Lipinski definition) is 2. The van der Waals surface area contributed by atoms with Crippen molar-refractivity contribution in [1.29, 1.82) is 0 Å². The summed E-state index contributed by atoms with van der Waals surface area (Å²) < 4.78 is 0. The Kier molecular flexibility index (Phi) is 6.40. The van der Waals surface area contributed by atoms with Crippen molar-refractivity contribution in [1.82, 2.24) is 5.32 Å². The van der Waals surface area contributed by atoms with E-state index in [1.165, 1.54) is 5.56 Å². The summed E-state index contributed by atoms with van der Waals surface area (Å²) in [6.45, 7) is 3.12. The molecule has 1 atom stereocenters. The first kappa shape index (κ1) is 13.4. The first-order valence-electron chi connectivity index (χ1n) is 5.24. The molecule has 0 aliphatic rings. The lowest BCUT2D eigenvalue weighted by Crippen LogP contribution is -2.21. The van der Waals surface area contributed by atoms with Crippen LogP contribution in [0.5, 0.6) is 0 Å². The molecular formula is C13H16ClNS. The lowest BCUT2D eigenvalue weighted by Gasteiger charge is -2.13. The van der Waals surface area contributed by atoms with Crippen molar-refractivity contribution in [3.05, 3.63) is 34.9 Å². The standard InChI is InChI=1S/C13H16ClNS/c1-3-9-16-10-8-15-11(2)12-4-6-13(14)7-5-12/h1,4-7,11,15H,8-10H2,2H3. The highest BCUT2D eigenvalue weighted by Crippen LogP contribution is 2.15. The highest BCUT2D eigenvalue weighted by molar-refractivity contribution is 7.99. The van der Waals surface area contributed by atoms with Crippen molar-refractivity contribution in [3.63, 3.8) is 0 Å². The van der Waals surface area contributed by atoms with E-state index in [4.69, 9.17) is 18.0 Å². The Balaban J connectivity index is 2.27. The van der Waals surface area contributed by atoms with Crippen LogP contribution in [-0.4, -0.2) is 18.1 Å². The molecule has 0 aliphatic heterocycles. The molecule has 1 aromatic carbocycles. The molecule has 86 valence electrons. The normalized spacial score (nSPS) is 12.1. The molecule has 1 rings (SSSR count). The Morgan fingerprint density at radius 2 is 2.12 bits per heavy atom. The summed E-state index contributed by atoms with van der Waals surface area (Å²) in [6.07, 6.45) is 5.17. The fourth-order valence-corrected chi connectivity index (χ4v) is 2.00. The van der Waals surface area contributed by atoms with Crippen LogP contribution >= 0.6 is 23.4 Å². The van der Waals surface area contributed by atoms with E-state index in [1.54, 1.807) is 11.8 Å². The minimum absolute atomic E-state index is 0.351. The number of hydrogen-bond donors (Lipinski definition) is 1. The number of nitrogens with one attached hydrogen (secondary N) is 1. The van der Waals surface area contributed by atoms with Crippen LogP contribution in [0.3, 0.4) is 0 Å². The third kappa shape index (κ3) is 4.94. The molecule has 0 aromatic heterocycles. The maximum atomic E-state index is 5.84. The SMILES string of the molecule is C#CCSCCNC(C)c1ccc(Cl)cc1. The molecule has 0 heterocycles. The summed E-state index contributed by atoms with van der Waals surface area (Å²) >= 11 is 7.61. The highest BCUT2D eigenvalue weighted by Gasteiger charge is 2.03. The third-order valence-corrected chi connectivity index (χ3v) is 3.37. The smallest absolute Gasteiger partial charge is 0.0545 e. The topological polar surface area (TPSA) is 12.0 Å². The molecule has 0 bridgehead atoms. The molecule has 0 radical (unpaired) electrons. The molecule has 1 aromatic rings. The van der Waals surface area contributed by atoms with Gasteiger partial charge in [-0.25, -0.2) is 0 Å². The molecular weight excluding hydrogens is 238 g/mol. The Hall–Kier alpha value is -0.620. The van der Waals surface area contributed by atoms with Gasteiger partial charge in [0.1, 0.15) is 0 Å². The van der Waals surface area contributed by atoms with Gasteiger partial charge in [0.05, 0.1) is 5.75 Å². The van der Waals surface area contributed by atoms with E-state index in [1.807, 2.05) is 12.1 Å². The first-order chi connectivity index (χ1) is 7.74. The van der Waals surface area contributed by atoms with Gasteiger partial charge in [-0.2, -0.15) is 0 Å². The summed E-state index contributed by atoms with van der Waals surface area (Å²) in [5.41, 5.74) is 1.26. The zero-order valence-corrected chi connectivity index (χ0v) is 10.9. The van der Waals surface area contributed by atoms with E-state index in [-0.39, 0.29) is 0 Å². The van der Waals surface area contributed by atoms with E-state index in [0.717, 1.165) is 23.1 Å². The molecule has 0 fully saturated rings. The number of terminal acetylenes is 1. The Bertz CT molecular complexity index is 342. The zero-order chi connectivity index (χ0) is 11.8. The Morgan fingerprint density at radius 3 is 2.75 bits per heavy atom. The van der Waals surface area contributed by atoms with Crippen LogP contribution in [0.15, 0.2) is 24.3 Å². The number of thioether (sulfide) groups is 1. The quantitative estimate of drug-likeness (QED) is 0.616. The molecule has 1 nitrogen and oxygen atoms in total. The maximum Gasteiger partial charge on any atom is 0.0545 e. The fraction of sp³-hybridized carbons (Fsp3) is 0.385. The van der Waals surface area contributed by atoms with Crippen molar-refractivity contribution >= 4 is 23.4 Å². The Labute approximate surface area is 107 Å². The largest absolute Gasteiger partial charge is 0.309 e. The van der Waals surface area contributed by atoms with Gasteiger partial charge in [-0.15, -0.1) is 18.2 Å². The Morgan fingerprint density at radius 1 is 1.44 bits per heavy atom. The van der Waals surface area contributed by atoms with E-state index in [2.05, 4.69) is 30.3 Å². The average molecular weight is 254 g/mol. The molecule has 0 amide bonds. The molecule has 0 aliphatic carbocycles. The van der Waals surface area contributed by atoms with Crippen molar-refractivity contribution in [3.8, 4) is 12.3 Å². The van der Waals surface area contributed by atoms with Crippen LogP contribution in [0.1, 0.15) is 18.5 Å². The van der Waals surface area contributed by atoms with Crippen LogP contribution in [0.2, 0.25) is 5.02 Å². The van der Waals surface area contributed by atoms with Gasteiger partial charge in [0.15, 0.2) is 0 Å². The first-order valence-corrected chi connectivity index (χ1v) is 6.77. The maximum absolute atomic E-state index is 5.84. The summed E-state index contributed by atoms with van der Waals surface area (Å²) in [5, 5.41) is 4.22. The van der Waals surface area contributed by atoms with Gasteiger partial charge in [0.25, 0.3) is 0 Å². The minimum Gasteiger partial charge on any atom is -0.309 e. The second-order valence-electron chi connectivity index (χ2n) is 3.48. The minimum atomic E-state index is 0.351. The van der Waals surface area contributed by atoms with Crippen LogP contribution < -0.4 is 5.32 Å². The van der Waals surface area contributed by atoms with Gasteiger partial charge in [-0.05, 0) is 24.6 Å². The molecule has 16 heavy (non-hydrogen) atoms. The van der Waals surface area contributed by atoms with Crippen LogP contribution in [0, 0.1) is 12.3 Å². The van der Waals surface area contributed by atoms with E-state index in [9.17, 15) is 0 Å². The van der Waals surface area contributed by atoms with Crippen molar-refractivity contribution in [2.45, 2.75) is 13.0 Å². The molecule has 1 N–H and O–H groups in total. The summed E-state index contributed by atoms with van der Waals surface area (Å²) in [4.78, 5) is 0. The van der Waals surface area contributed by atoms with Crippen LogP contribution in [0.4, 0.5) is 0 Å². The monoisotopic (exact) mass is 253 g/mol. The van der Waals surface area contributed by atoms with Crippen LogP contribution in [-0.2, 0) is 0 Å². The van der Waals surface area contributed by atoms with Gasteiger partial charge >= 0.3 is 0 Å². The van der Waals surface area contributed by atoms with Gasteiger partial charge in [-0.1, -0.05) is 29.7 Å². The van der Waals surface area contributed by atoms with Gasteiger partial charge < -0.3 is 5.32 Å². The molecule has 0 saturated carbocycles. The number of halogens is 1. The van der Waals surface area contributed by atoms with E-state index >= 15 is 0 Å². The van der Waals surface area contributed by atoms with Crippen molar-refractivity contribution in [2.24, 2.45) is 0 Å². The third-order valence-electron chi connectivity index (χ3n) is 2.25. The fourth-order valence-electron chi connectivity index (χ4n) is 1.35. The summed E-state index contributed by atoms with van der Waals surface area (Å²) in [5.74, 6) is 4.45. The van der Waals surface area contributed by atoms with E-state index in [0.29, 0.717) is 6.04 Å². The lowest BCUT2D eigenvalue weighted by molar-refractivity contribution is 0.601. The van der Waals surface area contributed by atoms with Gasteiger partial charge in [-0.3, -0.25) is 0 Å². The number of benzene rings is 1. The van der Waals surface area contributed by atoms with Crippen molar-refractivity contribution < 1.29 is 0 Å². The van der Waals surface area contributed by atoms with Crippen LogP contribution in [0.25, 0.3) is 0 Å². The average Bonchev–Trinajstić information content (AvgIpc) is 2.29. The zero-order valence-electron chi connectivity index (χ0n) is 9.37. The molecule has 3 heteroatoms.